The number of anilines is 1. The molecule has 0 spiro atoms. The zero-order chi connectivity index (χ0) is 15.2. The molecule has 21 heavy (non-hydrogen) atoms. The van der Waals surface area contributed by atoms with Gasteiger partial charge in [0.05, 0.1) is 16.5 Å². The molecule has 6 heteroatoms. The summed E-state index contributed by atoms with van der Waals surface area (Å²) in [5, 5.41) is 4.44. The lowest BCUT2D eigenvalue weighted by Gasteiger charge is -2.08. The van der Waals surface area contributed by atoms with Gasteiger partial charge in [0.15, 0.2) is 0 Å². The predicted octanol–water partition coefficient (Wildman–Crippen LogP) is 5.52. The maximum atomic E-state index is 11.9. The molecule has 0 unspecified atom stereocenters. The van der Waals surface area contributed by atoms with Crippen LogP contribution in [0.15, 0.2) is 42.5 Å². The molecule has 0 aliphatic rings. The molecule has 1 amide bonds. The van der Waals surface area contributed by atoms with E-state index in [0.29, 0.717) is 32.3 Å². The van der Waals surface area contributed by atoms with Gasteiger partial charge in [-0.3, -0.25) is 4.79 Å². The lowest BCUT2D eigenvalue weighted by atomic mass is 10.2. The number of nitrogens with one attached hydrogen (secondary N) is 1. The van der Waals surface area contributed by atoms with Crippen molar-refractivity contribution in [1.29, 1.82) is 0 Å². The summed E-state index contributed by atoms with van der Waals surface area (Å²) in [4.78, 5) is 11.9. The predicted molar refractivity (Wildman–Crippen MR) is 92.7 cm³/mol. The summed E-state index contributed by atoms with van der Waals surface area (Å²) < 4.78 is 0. The van der Waals surface area contributed by atoms with Crippen molar-refractivity contribution < 1.29 is 4.79 Å². The molecule has 0 heterocycles. The van der Waals surface area contributed by atoms with Gasteiger partial charge in [0.25, 0.3) is 0 Å². The Balaban J connectivity index is 1.85. The van der Waals surface area contributed by atoms with Crippen molar-refractivity contribution in [1.82, 2.24) is 0 Å². The Kier molecular flexibility index (Phi) is 6.24. The average molecular weight is 361 g/mol. The lowest BCUT2D eigenvalue weighted by Crippen LogP contribution is -2.14. The Hall–Kier alpha value is -0.870. The molecule has 110 valence electrons. The zero-order valence-corrected chi connectivity index (χ0v) is 14.0. The van der Waals surface area contributed by atoms with Crippen molar-refractivity contribution in [3.63, 3.8) is 0 Å². The van der Waals surface area contributed by atoms with Gasteiger partial charge >= 0.3 is 0 Å². The van der Waals surface area contributed by atoms with Crippen LogP contribution in [0.25, 0.3) is 0 Å². The Morgan fingerprint density at radius 1 is 1.05 bits per heavy atom. The Morgan fingerprint density at radius 2 is 1.81 bits per heavy atom. The number of thioether (sulfide) groups is 1. The van der Waals surface area contributed by atoms with E-state index in [1.807, 2.05) is 24.3 Å². The largest absolute Gasteiger partial charge is 0.324 e. The van der Waals surface area contributed by atoms with Crippen LogP contribution in [-0.4, -0.2) is 11.7 Å². The Labute approximate surface area is 142 Å². The summed E-state index contributed by atoms with van der Waals surface area (Å²) >= 11 is 19.4. The zero-order valence-electron chi connectivity index (χ0n) is 10.9. The molecule has 0 radical (unpaired) electrons. The molecule has 2 aromatic carbocycles. The third-order valence-electron chi connectivity index (χ3n) is 2.65. The van der Waals surface area contributed by atoms with E-state index in [2.05, 4.69) is 5.32 Å². The number of hydrogen-bond donors (Lipinski definition) is 1. The van der Waals surface area contributed by atoms with Crippen LogP contribution < -0.4 is 5.32 Å². The second kappa shape index (κ2) is 7.95. The van der Waals surface area contributed by atoms with Crippen LogP contribution in [0.1, 0.15) is 5.56 Å². The second-order valence-electron chi connectivity index (χ2n) is 4.26. The van der Waals surface area contributed by atoms with E-state index in [9.17, 15) is 4.79 Å². The van der Waals surface area contributed by atoms with Crippen molar-refractivity contribution in [2.24, 2.45) is 0 Å². The topological polar surface area (TPSA) is 29.1 Å². The number of carbonyl (C=O) groups excluding carboxylic acids is 1. The Morgan fingerprint density at radius 3 is 2.57 bits per heavy atom. The average Bonchev–Trinajstić information content (AvgIpc) is 2.45. The smallest absolute Gasteiger partial charge is 0.234 e. The number of carbonyl (C=O) groups is 1. The minimum Gasteiger partial charge on any atom is -0.324 e. The number of halogens is 3. The number of hydrogen-bond acceptors (Lipinski definition) is 2. The van der Waals surface area contributed by atoms with E-state index in [1.54, 1.807) is 18.2 Å². The molecule has 1 N–H and O–H groups in total. The second-order valence-corrected chi connectivity index (χ2v) is 6.49. The third-order valence-corrected chi connectivity index (χ3v) is 4.57. The van der Waals surface area contributed by atoms with E-state index < -0.39 is 0 Å². The lowest BCUT2D eigenvalue weighted by molar-refractivity contribution is -0.113. The minimum absolute atomic E-state index is 0.128. The van der Waals surface area contributed by atoms with Crippen molar-refractivity contribution >= 4 is 58.2 Å². The van der Waals surface area contributed by atoms with Gasteiger partial charge in [-0.25, -0.2) is 0 Å². The highest BCUT2D eigenvalue weighted by molar-refractivity contribution is 7.99. The number of benzene rings is 2. The normalized spacial score (nSPS) is 10.4. The summed E-state index contributed by atoms with van der Waals surface area (Å²) in [5.41, 5.74) is 1.53. The molecule has 0 saturated heterocycles. The van der Waals surface area contributed by atoms with E-state index in [-0.39, 0.29) is 5.91 Å². The van der Waals surface area contributed by atoms with Crippen LogP contribution in [0.4, 0.5) is 5.69 Å². The van der Waals surface area contributed by atoms with Gasteiger partial charge in [-0.1, -0.05) is 53.0 Å². The van der Waals surface area contributed by atoms with Gasteiger partial charge in [-0.15, -0.1) is 11.8 Å². The van der Waals surface area contributed by atoms with Crippen LogP contribution in [-0.2, 0) is 10.5 Å². The molecular weight excluding hydrogens is 349 g/mol. The standard InChI is InChI=1S/C15H12Cl3NOS/c16-11-5-6-13(18)14(7-11)19-15(20)9-21-8-10-3-1-2-4-12(10)17/h1-7H,8-9H2,(H,19,20). The van der Waals surface area contributed by atoms with Crippen molar-refractivity contribution in [3.8, 4) is 0 Å². The van der Waals surface area contributed by atoms with Gasteiger partial charge < -0.3 is 5.32 Å². The molecule has 2 nitrogen and oxygen atoms in total. The van der Waals surface area contributed by atoms with E-state index in [4.69, 9.17) is 34.8 Å². The first-order chi connectivity index (χ1) is 10.1. The van der Waals surface area contributed by atoms with Crippen LogP contribution in [0.2, 0.25) is 15.1 Å². The van der Waals surface area contributed by atoms with Gasteiger partial charge in [0.2, 0.25) is 5.91 Å². The maximum absolute atomic E-state index is 11.9. The first-order valence-electron chi connectivity index (χ1n) is 6.12. The van der Waals surface area contributed by atoms with E-state index in [1.165, 1.54) is 11.8 Å². The Bertz CT molecular complexity index is 649. The van der Waals surface area contributed by atoms with Crippen molar-refractivity contribution in [2.45, 2.75) is 5.75 Å². The van der Waals surface area contributed by atoms with Gasteiger partial charge in [0, 0.05) is 15.8 Å². The molecule has 0 aliphatic heterocycles. The summed E-state index contributed by atoms with van der Waals surface area (Å²) in [5.74, 6) is 0.862. The summed E-state index contributed by atoms with van der Waals surface area (Å²) in [7, 11) is 0. The van der Waals surface area contributed by atoms with E-state index in [0.717, 1.165) is 5.56 Å². The fourth-order valence-corrected chi connectivity index (χ4v) is 3.10. The summed E-state index contributed by atoms with van der Waals surface area (Å²) in [6.45, 7) is 0. The van der Waals surface area contributed by atoms with Gasteiger partial charge in [-0.2, -0.15) is 0 Å². The first kappa shape index (κ1) is 16.5. The van der Waals surface area contributed by atoms with Crippen LogP contribution in [0.3, 0.4) is 0 Å². The van der Waals surface area contributed by atoms with Gasteiger partial charge in [-0.05, 0) is 29.8 Å². The van der Waals surface area contributed by atoms with Crippen molar-refractivity contribution in [3.05, 3.63) is 63.1 Å². The molecule has 0 atom stereocenters. The SMILES string of the molecule is O=C(CSCc1ccccc1Cl)Nc1cc(Cl)ccc1Cl. The van der Waals surface area contributed by atoms with Crippen LogP contribution in [0.5, 0.6) is 0 Å². The highest BCUT2D eigenvalue weighted by atomic mass is 35.5. The van der Waals surface area contributed by atoms with Gasteiger partial charge in [0.1, 0.15) is 0 Å². The molecule has 0 saturated carbocycles. The summed E-state index contributed by atoms with van der Waals surface area (Å²) in [6, 6.07) is 12.5. The molecular formula is C15H12Cl3NOS. The molecule has 2 aromatic rings. The van der Waals surface area contributed by atoms with Crippen LogP contribution >= 0.6 is 46.6 Å². The fraction of sp³-hybridized carbons (Fsp3) is 0.133. The number of rotatable bonds is 5. The molecule has 0 aliphatic carbocycles. The molecule has 0 aromatic heterocycles. The van der Waals surface area contributed by atoms with Crippen molar-refractivity contribution in [2.75, 3.05) is 11.1 Å². The molecule has 2 rings (SSSR count). The van der Waals surface area contributed by atoms with Crippen LogP contribution in [0, 0.1) is 0 Å². The first-order valence-corrected chi connectivity index (χ1v) is 8.41. The molecule has 0 fully saturated rings. The summed E-state index contributed by atoms with van der Waals surface area (Å²) in [6.07, 6.45) is 0. The maximum Gasteiger partial charge on any atom is 0.234 e. The quantitative estimate of drug-likeness (QED) is 0.760. The highest BCUT2D eigenvalue weighted by Crippen LogP contribution is 2.26. The van der Waals surface area contributed by atoms with E-state index >= 15 is 0 Å². The monoisotopic (exact) mass is 359 g/mol. The molecule has 0 bridgehead atoms. The fourth-order valence-electron chi connectivity index (χ4n) is 1.65. The third kappa shape index (κ3) is 5.11. The highest BCUT2D eigenvalue weighted by Gasteiger charge is 2.07. The number of amides is 1. The minimum atomic E-state index is -0.128.